The van der Waals surface area contributed by atoms with Crippen LogP contribution in [0, 0.1) is 6.92 Å². The molecule has 1 saturated heterocycles. The Morgan fingerprint density at radius 2 is 2.28 bits per heavy atom. The first-order valence-corrected chi connectivity index (χ1v) is 8.96. The van der Waals surface area contributed by atoms with Crippen LogP contribution in [-0.2, 0) is 14.3 Å². The first-order chi connectivity index (χ1) is 12.1. The van der Waals surface area contributed by atoms with Gasteiger partial charge in [0.1, 0.15) is 11.6 Å². The number of carbonyl (C=O) groups excluding carboxylic acids is 2. The molecular formula is C17H20N4O3S. The van der Waals surface area contributed by atoms with Crippen LogP contribution in [0.25, 0.3) is 0 Å². The lowest BCUT2D eigenvalue weighted by Gasteiger charge is -2.16. The second kappa shape index (κ2) is 7.71. The topological polar surface area (TPSA) is 84.4 Å². The number of amides is 2. The predicted octanol–water partition coefficient (Wildman–Crippen LogP) is 2.34. The number of aromatic nitrogens is 2. The van der Waals surface area contributed by atoms with Crippen LogP contribution in [0.4, 0.5) is 10.8 Å². The van der Waals surface area contributed by atoms with E-state index in [1.165, 1.54) is 11.3 Å². The van der Waals surface area contributed by atoms with Crippen LogP contribution in [0.1, 0.15) is 29.8 Å². The lowest BCUT2D eigenvalue weighted by atomic mass is 10.1. The van der Waals surface area contributed by atoms with Crippen molar-refractivity contribution < 1.29 is 14.3 Å². The maximum absolute atomic E-state index is 12.4. The van der Waals surface area contributed by atoms with Gasteiger partial charge in [-0.15, -0.1) is 10.2 Å². The van der Waals surface area contributed by atoms with Gasteiger partial charge < -0.3 is 9.64 Å². The van der Waals surface area contributed by atoms with Crippen molar-refractivity contribution in [3.8, 4) is 0 Å². The molecule has 25 heavy (non-hydrogen) atoms. The van der Waals surface area contributed by atoms with Crippen LogP contribution in [0.2, 0.25) is 0 Å². The zero-order valence-electron chi connectivity index (χ0n) is 14.2. The summed E-state index contributed by atoms with van der Waals surface area (Å²) < 4.78 is 5.05. The highest BCUT2D eigenvalue weighted by Gasteiger charge is 2.34. The molecule has 2 aromatic rings. The highest BCUT2D eigenvalue weighted by molar-refractivity contribution is 7.15. The van der Waals surface area contributed by atoms with Gasteiger partial charge in [0.25, 0.3) is 5.91 Å². The summed E-state index contributed by atoms with van der Waals surface area (Å²) in [5.41, 5.74) is 2.02. The fourth-order valence-corrected chi connectivity index (χ4v) is 3.57. The number of nitrogens with zero attached hydrogens (tertiary/aromatic N) is 3. The van der Waals surface area contributed by atoms with Crippen molar-refractivity contribution in [3.05, 3.63) is 34.8 Å². The lowest BCUT2D eigenvalue weighted by Crippen LogP contribution is -2.24. The molecule has 0 spiro atoms. The molecule has 0 aliphatic carbocycles. The normalized spacial score (nSPS) is 17.1. The van der Waals surface area contributed by atoms with Crippen molar-refractivity contribution in [2.45, 2.75) is 26.2 Å². The highest BCUT2D eigenvalue weighted by atomic mass is 32.1. The number of hydrogen-bond donors (Lipinski definition) is 1. The van der Waals surface area contributed by atoms with Gasteiger partial charge in [-0.05, 0) is 31.5 Å². The molecule has 3 rings (SSSR count). The van der Waals surface area contributed by atoms with E-state index in [1.807, 2.05) is 38.1 Å². The van der Waals surface area contributed by atoms with Crippen LogP contribution < -0.4 is 10.2 Å². The van der Waals surface area contributed by atoms with Gasteiger partial charge in [-0.2, -0.15) is 0 Å². The zero-order valence-corrected chi connectivity index (χ0v) is 15.0. The van der Waals surface area contributed by atoms with Gasteiger partial charge in [0, 0.05) is 31.2 Å². The Kier molecular flexibility index (Phi) is 5.40. The number of ether oxygens (including phenoxy) is 1. The Labute approximate surface area is 150 Å². The van der Waals surface area contributed by atoms with Gasteiger partial charge in [-0.1, -0.05) is 23.5 Å². The maximum atomic E-state index is 12.4. The first-order valence-electron chi connectivity index (χ1n) is 8.15. The Balaban J connectivity index is 1.66. The lowest BCUT2D eigenvalue weighted by molar-refractivity contribution is -0.120. The second-order valence-electron chi connectivity index (χ2n) is 5.88. The monoisotopic (exact) mass is 360 g/mol. The van der Waals surface area contributed by atoms with Crippen LogP contribution in [-0.4, -0.2) is 41.8 Å². The third kappa shape index (κ3) is 4.21. The molecule has 132 valence electrons. The number of rotatable bonds is 6. The van der Waals surface area contributed by atoms with E-state index in [0.717, 1.165) is 16.3 Å². The summed E-state index contributed by atoms with van der Waals surface area (Å²) in [5.74, 6) is -0.191. The Hall–Kier alpha value is -2.32. The van der Waals surface area contributed by atoms with E-state index in [2.05, 4.69) is 15.5 Å². The van der Waals surface area contributed by atoms with Crippen molar-refractivity contribution in [3.63, 3.8) is 0 Å². The fourth-order valence-electron chi connectivity index (χ4n) is 2.72. The Bertz CT molecular complexity index is 777. The average Bonchev–Trinajstić information content (AvgIpc) is 3.19. The zero-order chi connectivity index (χ0) is 17.8. The molecule has 1 atom stereocenters. The standard InChI is InChI=1S/C17H20N4O3S/c1-3-24-10-14(22)18-17-20-19-16(25-17)12-8-15(23)21(9-12)13-6-4-5-11(2)7-13/h4-7,12H,3,8-10H2,1-2H3,(H,18,20,22). The molecule has 1 aromatic carbocycles. The van der Waals surface area contributed by atoms with Crippen molar-refractivity contribution in [2.75, 3.05) is 30.0 Å². The Morgan fingerprint density at radius 1 is 1.44 bits per heavy atom. The van der Waals surface area contributed by atoms with Gasteiger partial charge >= 0.3 is 0 Å². The summed E-state index contributed by atoms with van der Waals surface area (Å²) >= 11 is 1.31. The van der Waals surface area contributed by atoms with E-state index in [4.69, 9.17) is 4.74 Å². The minimum atomic E-state index is -0.256. The Morgan fingerprint density at radius 3 is 3.04 bits per heavy atom. The molecule has 8 heteroatoms. The molecule has 7 nitrogen and oxygen atoms in total. The molecule has 1 fully saturated rings. The molecule has 1 N–H and O–H groups in total. The number of hydrogen-bond acceptors (Lipinski definition) is 6. The summed E-state index contributed by atoms with van der Waals surface area (Å²) in [5, 5.41) is 12.0. The largest absolute Gasteiger partial charge is 0.372 e. The summed E-state index contributed by atoms with van der Waals surface area (Å²) in [6, 6.07) is 7.89. The molecule has 1 aliphatic heterocycles. The minimum absolute atomic E-state index is 0.00549. The van der Waals surface area contributed by atoms with Crippen LogP contribution in [0.15, 0.2) is 24.3 Å². The second-order valence-corrected chi connectivity index (χ2v) is 6.88. The SMILES string of the molecule is CCOCC(=O)Nc1nnc(C2CC(=O)N(c3cccc(C)c3)C2)s1. The molecule has 2 amide bonds. The summed E-state index contributed by atoms with van der Waals surface area (Å²) in [7, 11) is 0. The number of aryl methyl sites for hydroxylation is 1. The third-order valence-electron chi connectivity index (χ3n) is 3.91. The van der Waals surface area contributed by atoms with Gasteiger partial charge in [-0.3, -0.25) is 14.9 Å². The van der Waals surface area contributed by atoms with Crippen molar-refractivity contribution in [1.82, 2.24) is 10.2 Å². The van der Waals surface area contributed by atoms with E-state index in [0.29, 0.717) is 24.7 Å². The smallest absolute Gasteiger partial charge is 0.252 e. The van der Waals surface area contributed by atoms with Crippen molar-refractivity contribution >= 4 is 34.0 Å². The van der Waals surface area contributed by atoms with E-state index >= 15 is 0 Å². The number of benzene rings is 1. The quantitative estimate of drug-likeness (QED) is 0.855. The number of anilines is 2. The van der Waals surface area contributed by atoms with Crippen LogP contribution in [0.3, 0.4) is 0 Å². The third-order valence-corrected chi connectivity index (χ3v) is 4.91. The maximum Gasteiger partial charge on any atom is 0.252 e. The predicted molar refractivity (Wildman–Crippen MR) is 95.9 cm³/mol. The molecule has 2 heterocycles. The molecule has 1 aromatic heterocycles. The summed E-state index contributed by atoms with van der Waals surface area (Å²) in [6.07, 6.45) is 0.398. The van der Waals surface area contributed by atoms with E-state index in [9.17, 15) is 9.59 Å². The van der Waals surface area contributed by atoms with Gasteiger partial charge in [0.15, 0.2) is 0 Å². The fraction of sp³-hybridized carbons (Fsp3) is 0.412. The summed E-state index contributed by atoms with van der Waals surface area (Å²) in [4.78, 5) is 25.8. The van der Waals surface area contributed by atoms with E-state index in [1.54, 1.807) is 4.90 Å². The molecule has 0 radical (unpaired) electrons. The van der Waals surface area contributed by atoms with Crippen LogP contribution >= 0.6 is 11.3 Å². The van der Waals surface area contributed by atoms with Crippen molar-refractivity contribution in [1.29, 1.82) is 0 Å². The highest BCUT2D eigenvalue weighted by Crippen LogP contribution is 2.34. The number of nitrogens with one attached hydrogen (secondary N) is 1. The molecular weight excluding hydrogens is 340 g/mol. The average molecular weight is 360 g/mol. The molecule has 1 aliphatic rings. The van der Waals surface area contributed by atoms with Gasteiger partial charge in [0.2, 0.25) is 11.0 Å². The minimum Gasteiger partial charge on any atom is -0.372 e. The van der Waals surface area contributed by atoms with Gasteiger partial charge in [0.05, 0.1) is 0 Å². The van der Waals surface area contributed by atoms with Crippen molar-refractivity contribution in [2.24, 2.45) is 0 Å². The molecule has 1 unspecified atom stereocenters. The molecule has 0 saturated carbocycles. The molecule has 0 bridgehead atoms. The van der Waals surface area contributed by atoms with E-state index < -0.39 is 0 Å². The van der Waals surface area contributed by atoms with E-state index in [-0.39, 0.29) is 24.3 Å². The first kappa shape index (κ1) is 17.5. The van der Waals surface area contributed by atoms with Crippen LogP contribution in [0.5, 0.6) is 0 Å². The number of carbonyl (C=O) groups is 2. The van der Waals surface area contributed by atoms with Gasteiger partial charge in [-0.25, -0.2) is 0 Å². The summed E-state index contributed by atoms with van der Waals surface area (Å²) in [6.45, 7) is 4.88.